The van der Waals surface area contributed by atoms with E-state index in [0.717, 1.165) is 0 Å². The van der Waals surface area contributed by atoms with Crippen LogP contribution >= 0.6 is 0 Å². The van der Waals surface area contributed by atoms with Gasteiger partial charge in [-0.05, 0) is 69.4 Å². The topological polar surface area (TPSA) is 208 Å². The molecule has 12 nitrogen and oxygen atoms in total. The first-order chi connectivity index (χ1) is 20.2. The van der Waals surface area contributed by atoms with Gasteiger partial charge in [0.05, 0.1) is 35.3 Å². The van der Waals surface area contributed by atoms with Crippen molar-refractivity contribution in [2.45, 2.75) is 69.7 Å². The van der Waals surface area contributed by atoms with Crippen molar-refractivity contribution in [3.8, 4) is 0 Å². The van der Waals surface area contributed by atoms with Crippen molar-refractivity contribution in [3.05, 3.63) is 71.8 Å². The van der Waals surface area contributed by atoms with Gasteiger partial charge in [0.25, 0.3) is 5.91 Å². The van der Waals surface area contributed by atoms with E-state index in [1.54, 1.807) is 44.2 Å². The molecule has 0 aliphatic heterocycles. The summed E-state index contributed by atoms with van der Waals surface area (Å²) in [6.07, 6.45) is -0.702. The lowest BCUT2D eigenvalue weighted by Gasteiger charge is -2.31. The molecule has 43 heavy (non-hydrogen) atoms. The Morgan fingerprint density at radius 1 is 1.09 bits per heavy atom. The summed E-state index contributed by atoms with van der Waals surface area (Å²) in [4.78, 5) is 58.6. The van der Waals surface area contributed by atoms with Crippen molar-refractivity contribution < 1.29 is 38.5 Å². The summed E-state index contributed by atoms with van der Waals surface area (Å²) in [5, 5.41) is 22.1. The Labute approximate surface area is 247 Å². The zero-order valence-electron chi connectivity index (χ0n) is 23.9. The fourth-order valence-electron chi connectivity index (χ4n) is 4.49. The maximum absolute atomic E-state index is 14.1. The maximum Gasteiger partial charge on any atom is 0.323 e. The van der Waals surface area contributed by atoms with Gasteiger partial charge in [-0.3, -0.25) is 24.2 Å². The van der Waals surface area contributed by atoms with Gasteiger partial charge in [0.15, 0.2) is 0 Å². The van der Waals surface area contributed by atoms with E-state index in [1.165, 1.54) is 24.4 Å². The molecule has 1 heterocycles. The van der Waals surface area contributed by atoms with Crippen LogP contribution in [0.25, 0.3) is 11.0 Å². The highest BCUT2D eigenvalue weighted by atomic mass is 19.1. The van der Waals surface area contributed by atoms with Gasteiger partial charge in [-0.15, -0.1) is 0 Å². The number of rotatable bonds is 15. The molecule has 0 saturated carbocycles. The first-order valence-electron chi connectivity index (χ1n) is 13.7. The van der Waals surface area contributed by atoms with Gasteiger partial charge < -0.3 is 31.7 Å². The van der Waals surface area contributed by atoms with E-state index in [0.29, 0.717) is 16.6 Å². The van der Waals surface area contributed by atoms with Gasteiger partial charge in [-0.2, -0.15) is 0 Å². The first kappa shape index (κ1) is 33.0. The summed E-state index contributed by atoms with van der Waals surface area (Å²) in [5.41, 5.74) is 11.7. The number of benzene rings is 2. The second kappa shape index (κ2) is 14.6. The number of aliphatic hydroxyl groups is 1. The van der Waals surface area contributed by atoms with Crippen LogP contribution in [-0.4, -0.2) is 67.7 Å². The van der Waals surface area contributed by atoms with Crippen LogP contribution in [0.2, 0.25) is 0 Å². The number of halogens is 1. The Morgan fingerprint density at radius 2 is 1.79 bits per heavy atom. The normalized spacial score (nSPS) is 14.3. The standard InChI is InChI=1S/C30H36FN5O7/c1-30(2,42)11-10-18(27(33)39)14-25(43-29(41)20(32)15-26(37)38)23(13-17-6-5-7-19(31)12-17)36-28(40)24-16-34-21-8-3-4-9-22(21)35-24/h3-9,12,16,18,20,23,25,42H,10-11,13-15,32H2,1-2H3,(H2,33,39)(H,36,40)(H,37,38). The number of aromatic nitrogens is 2. The van der Waals surface area contributed by atoms with Crippen LogP contribution in [0.15, 0.2) is 54.7 Å². The van der Waals surface area contributed by atoms with E-state index in [4.69, 9.17) is 21.3 Å². The number of fused-ring (bicyclic) bond motifs is 1. The molecule has 3 aromatic rings. The average molecular weight is 598 g/mol. The molecular formula is C30H36FN5O7. The van der Waals surface area contributed by atoms with E-state index in [1.807, 2.05) is 0 Å². The highest BCUT2D eigenvalue weighted by molar-refractivity contribution is 5.94. The van der Waals surface area contributed by atoms with E-state index < -0.39 is 65.7 Å². The monoisotopic (exact) mass is 597 g/mol. The van der Waals surface area contributed by atoms with Gasteiger partial charge in [0.2, 0.25) is 5.91 Å². The lowest BCUT2D eigenvalue weighted by molar-refractivity contribution is -0.156. The second-order valence-corrected chi connectivity index (χ2v) is 11.0. The van der Waals surface area contributed by atoms with Crippen LogP contribution in [0.5, 0.6) is 0 Å². The molecule has 1 aromatic heterocycles. The minimum absolute atomic E-state index is 0.0518. The number of aliphatic carboxylic acids is 1. The van der Waals surface area contributed by atoms with Crippen LogP contribution in [0.4, 0.5) is 4.39 Å². The number of nitrogens with one attached hydrogen (secondary N) is 1. The Kier molecular flexibility index (Phi) is 11.2. The smallest absolute Gasteiger partial charge is 0.323 e. The average Bonchev–Trinajstić information content (AvgIpc) is 2.92. The molecule has 0 bridgehead atoms. The van der Waals surface area contributed by atoms with E-state index in [2.05, 4.69) is 15.3 Å². The van der Waals surface area contributed by atoms with Crippen molar-refractivity contribution >= 4 is 34.8 Å². The van der Waals surface area contributed by atoms with Crippen LogP contribution in [-0.2, 0) is 25.5 Å². The molecule has 13 heteroatoms. The Hall–Kier alpha value is -4.49. The molecule has 0 saturated heterocycles. The summed E-state index contributed by atoms with van der Waals surface area (Å²) in [6, 6.07) is 9.85. The number of nitrogens with two attached hydrogens (primary N) is 2. The number of primary amides is 1. The van der Waals surface area contributed by atoms with Crippen molar-refractivity contribution in [2.24, 2.45) is 17.4 Å². The minimum atomic E-state index is -1.54. The Balaban J connectivity index is 2.00. The number of amides is 2. The van der Waals surface area contributed by atoms with Crippen LogP contribution < -0.4 is 16.8 Å². The van der Waals surface area contributed by atoms with Crippen LogP contribution in [0.3, 0.4) is 0 Å². The number of hydrogen-bond acceptors (Lipinski definition) is 9. The number of carboxylic acid groups (broad SMARTS) is 1. The molecule has 4 unspecified atom stereocenters. The quantitative estimate of drug-likeness (QED) is 0.161. The van der Waals surface area contributed by atoms with Gasteiger partial charge in [0, 0.05) is 5.92 Å². The molecule has 230 valence electrons. The number of hydrogen-bond donors (Lipinski definition) is 5. The minimum Gasteiger partial charge on any atom is -0.481 e. The summed E-state index contributed by atoms with van der Waals surface area (Å²) < 4.78 is 19.8. The van der Waals surface area contributed by atoms with E-state index in [9.17, 15) is 28.7 Å². The second-order valence-electron chi connectivity index (χ2n) is 11.0. The first-order valence-corrected chi connectivity index (χ1v) is 13.7. The van der Waals surface area contributed by atoms with Crippen LogP contribution in [0.1, 0.15) is 55.6 Å². The van der Waals surface area contributed by atoms with E-state index >= 15 is 0 Å². The molecule has 2 aromatic carbocycles. The molecule has 0 spiro atoms. The fraction of sp³-hybridized carbons (Fsp3) is 0.400. The van der Waals surface area contributed by atoms with Crippen LogP contribution in [0, 0.1) is 11.7 Å². The number of nitrogens with zero attached hydrogens (tertiary/aromatic N) is 2. The molecule has 0 radical (unpaired) electrons. The SMILES string of the molecule is CC(C)(O)CCC(CC(OC(=O)C(N)CC(=O)O)C(Cc1cccc(F)c1)NC(=O)c1cnc2ccccc2n1)C(N)=O. The van der Waals surface area contributed by atoms with Crippen molar-refractivity contribution in [1.29, 1.82) is 0 Å². The Morgan fingerprint density at radius 3 is 2.42 bits per heavy atom. The molecule has 0 aliphatic carbocycles. The number of para-hydroxylation sites is 2. The summed E-state index contributed by atoms with van der Waals surface area (Å²) >= 11 is 0. The number of carboxylic acids is 1. The van der Waals surface area contributed by atoms with Gasteiger partial charge >= 0.3 is 11.9 Å². The molecule has 3 rings (SSSR count). The summed E-state index contributed by atoms with van der Waals surface area (Å²) in [5.74, 6) is -5.31. The highest BCUT2D eigenvalue weighted by Gasteiger charge is 2.34. The fourth-order valence-corrected chi connectivity index (χ4v) is 4.49. The van der Waals surface area contributed by atoms with Gasteiger partial charge in [-0.25, -0.2) is 9.37 Å². The largest absolute Gasteiger partial charge is 0.481 e. The third kappa shape index (κ3) is 10.4. The van der Waals surface area contributed by atoms with Gasteiger partial charge in [-0.1, -0.05) is 24.3 Å². The Bertz CT molecular complexity index is 1460. The van der Waals surface area contributed by atoms with Gasteiger partial charge in [0.1, 0.15) is 23.7 Å². The lowest BCUT2D eigenvalue weighted by Crippen LogP contribution is -2.50. The predicted molar refractivity (Wildman–Crippen MR) is 154 cm³/mol. The maximum atomic E-state index is 14.1. The molecule has 2 amide bonds. The summed E-state index contributed by atoms with van der Waals surface area (Å²) in [6.45, 7) is 3.12. The van der Waals surface area contributed by atoms with Crippen molar-refractivity contribution in [3.63, 3.8) is 0 Å². The lowest BCUT2D eigenvalue weighted by atomic mass is 9.87. The molecular weight excluding hydrogens is 561 g/mol. The predicted octanol–water partition coefficient (Wildman–Crippen LogP) is 1.87. The number of esters is 1. The summed E-state index contributed by atoms with van der Waals surface area (Å²) in [7, 11) is 0. The molecule has 0 aliphatic rings. The molecule has 4 atom stereocenters. The third-order valence-corrected chi connectivity index (χ3v) is 6.78. The van der Waals surface area contributed by atoms with Crippen molar-refractivity contribution in [2.75, 3.05) is 0 Å². The number of carbonyl (C=O) groups excluding carboxylic acids is 3. The zero-order chi connectivity index (χ0) is 31.7. The zero-order valence-corrected chi connectivity index (χ0v) is 23.9. The third-order valence-electron chi connectivity index (χ3n) is 6.78. The molecule has 7 N–H and O–H groups in total. The van der Waals surface area contributed by atoms with E-state index in [-0.39, 0.29) is 31.4 Å². The highest BCUT2D eigenvalue weighted by Crippen LogP contribution is 2.24. The number of ether oxygens (including phenoxy) is 1. The molecule has 0 fully saturated rings. The number of carbonyl (C=O) groups is 4. The van der Waals surface area contributed by atoms with Crippen molar-refractivity contribution in [1.82, 2.24) is 15.3 Å².